The van der Waals surface area contributed by atoms with Crippen LogP contribution in [0, 0.1) is 11.8 Å². The van der Waals surface area contributed by atoms with Crippen LogP contribution in [0.5, 0.6) is 5.75 Å². The molecule has 3 amide bonds. The standard InChI is InChI=1S/C28H35N3O4/c1-35-23-16-17-24(25(18-23)31-27(33)20-10-6-3-7-11-20)30-28(34)21-12-14-22(15-13-21)29-26(32)19-8-4-2-5-9-19/h12-20H,2-11H2,1H3,(H,29,32)(H,30,34)(H,31,33). The van der Waals surface area contributed by atoms with Crippen molar-refractivity contribution in [3.05, 3.63) is 48.0 Å². The van der Waals surface area contributed by atoms with Gasteiger partial charge in [-0.15, -0.1) is 0 Å². The van der Waals surface area contributed by atoms with E-state index in [1.165, 1.54) is 12.8 Å². The number of carbonyl (C=O) groups is 3. The molecule has 2 saturated carbocycles. The van der Waals surface area contributed by atoms with Gasteiger partial charge in [-0.1, -0.05) is 38.5 Å². The minimum Gasteiger partial charge on any atom is -0.497 e. The Hall–Kier alpha value is -3.35. The summed E-state index contributed by atoms with van der Waals surface area (Å²) in [6.07, 6.45) is 10.4. The van der Waals surface area contributed by atoms with Crippen LogP contribution in [-0.4, -0.2) is 24.8 Å². The Bertz CT molecular complexity index is 1040. The van der Waals surface area contributed by atoms with Crippen molar-refractivity contribution in [2.24, 2.45) is 11.8 Å². The van der Waals surface area contributed by atoms with Gasteiger partial charge in [-0.05, 0) is 62.1 Å². The van der Waals surface area contributed by atoms with Gasteiger partial charge in [-0.25, -0.2) is 0 Å². The van der Waals surface area contributed by atoms with Gasteiger partial charge in [0, 0.05) is 29.2 Å². The van der Waals surface area contributed by atoms with Gasteiger partial charge in [-0.2, -0.15) is 0 Å². The summed E-state index contributed by atoms with van der Waals surface area (Å²) in [6, 6.07) is 12.1. The SMILES string of the molecule is COc1ccc(NC(=O)c2ccc(NC(=O)C3CCCCC3)cc2)c(NC(=O)C2CCCCC2)c1. The van der Waals surface area contributed by atoms with Gasteiger partial charge in [0.05, 0.1) is 18.5 Å². The first-order valence-corrected chi connectivity index (χ1v) is 12.7. The fourth-order valence-electron chi connectivity index (χ4n) is 4.97. The zero-order valence-corrected chi connectivity index (χ0v) is 20.4. The number of methoxy groups -OCH3 is 1. The molecule has 0 heterocycles. The topological polar surface area (TPSA) is 96.5 Å². The molecule has 186 valence electrons. The fraction of sp³-hybridized carbons (Fsp3) is 0.464. The van der Waals surface area contributed by atoms with Gasteiger partial charge in [0.2, 0.25) is 11.8 Å². The molecular weight excluding hydrogens is 442 g/mol. The molecule has 0 bridgehead atoms. The molecule has 0 saturated heterocycles. The third-order valence-corrected chi connectivity index (χ3v) is 7.10. The third-order valence-electron chi connectivity index (χ3n) is 7.10. The molecule has 35 heavy (non-hydrogen) atoms. The minimum absolute atomic E-state index is 0.00475. The second-order valence-corrected chi connectivity index (χ2v) is 9.59. The number of carbonyl (C=O) groups excluding carboxylic acids is 3. The Labute approximate surface area is 207 Å². The number of amides is 3. The first-order valence-electron chi connectivity index (χ1n) is 12.7. The van der Waals surface area contributed by atoms with Gasteiger partial charge >= 0.3 is 0 Å². The Balaban J connectivity index is 1.41. The molecule has 0 aromatic heterocycles. The van der Waals surface area contributed by atoms with Crippen LogP contribution in [-0.2, 0) is 9.59 Å². The Morgan fingerprint density at radius 2 is 1.26 bits per heavy atom. The highest BCUT2D eigenvalue weighted by Crippen LogP contribution is 2.31. The van der Waals surface area contributed by atoms with Crippen LogP contribution in [0.1, 0.15) is 74.6 Å². The molecule has 2 fully saturated rings. The number of ether oxygens (including phenoxy) is 1. The van der Waals surface area contributed by atoms with Crippen LogP contribution in [0.4, 0.5) is 17.1 Å². The number of nitrogens with one attached hydrogen (secondary N) is 3. The first kappa shape index (κ1) is 24.8. The number of hydrogen-bond donors (Lipinski definition) is 3. The van der Waals surface area contributed by atoms with E-state index < -0.39 is 0 Å². The Morgan fingerprint density at radius 3 is 1.83 bits per heavy atom. The first-order chi connectivity index (χ1) is 17.0. The predicted molar refractivity (Wildman–Crippen MR) is 138 cm³/mol. The normalized spacial score (nSPS) is 16.8. The van der Waals surface area contributed by atoms with Gasteiger partial charge < -0.3 is 20.7 Å². The molecule has 3 N–H and O–H groups in total. The summed E-state index contributed by atoms with van der Waals surface area (Å²) in [7, 11) is 1.56. The molecule has 4 rings (SSSR count). The lowest BCUT2D eigenvalue weighted by atomic mass is 9.88. The van der Waals surface area contributed by atoms with Gasteiger partial charge in [0.1, 0.15) is 5.75 Å². The van der Waals surface area contributed by atoms with Gasteiger partial charge in [0.15, 0.2) is 0 Å². The average Bonchev–Trinajstić information content (AvgIpc) is 2.91. The Morgan fingerprint density at radius 1 is 0.686 bits per heavy atom. The summed E-state index contributed by atoms with van der Waals surface area (Å²) in [5, 5.41) is 8.86. The highest BCUT2D eigenvalue weighted by molar-refractivity contribution is 6.08. The molecule has 2 aliphatic carbocycles. The fourth-order valence-corrected chi connectivity index (χ4v) is 4.97. The highest BCUT2D eigenvalue weighted by Gasteiger charge is 2.23. The number of rotatable bonds is 7. The van der Waals surface area contributed by atoms with Crippen molar-refractivity contribution in [3.8, 4) is 5.75 Å². The molecule has 2 aliphatic rings. The van der Waals surface area contributed by atoms with E-state index in [1.807, 2.05) is 0 Å². The molecule has 0 radical (unpaired) electrons. The summed E-state index contributed by atoms with van der Waals surface area (Å²) in [5.74, 6) is 0.400. The lowest BCUT2D eigenvalue weighted by molar-refractivity contribution is -0.121. The average molecular weight is 478 g/mol. The summed E-state index contributed by atoms with van der Waals surface area (Å²) < 4.78 is 5.32. The van der Waals surface area contributed by atoms with E-state index in [1.54, 1.807) is 49.6 Å². The van der Waals surface area contributed by atoms with E-state index in [9.17, 15) is 14.4 Å². The van der Waals surface area contributed by atoms with Gasteiger partial charge in [-0.3, -0.25) is 14.4 Å². The Kier molecular flexibility index (Phi) is 8.40. The van der Waals surface area contributed by atoms with E-state index in [0.29, 0.717) is 28.4 Å². The summed E-state index contributed by atoms with van der Waals surface area (Å²) in [5.41, 5.74) is 2.17. The molecule has 7 heteroatoms. The lowest BCUT2D eigenvalue weighted by Gasteiger charge is -2.22. The smallest absolute Gasteiger partial charge is 0.255 e. The maximum absolute atomic E-state index is 12.9. The molecule has 0 unspecified atom stereocenters. The van der Waals surface area contributed by atoms with Gasteiger partial charge in [0.25, 0.3) is 5.91 Å². The summed E-state index contributed by atoms with van der Waals surface area (Å²) in [4.78, 5) is 38.2. The molecular formula is C28H35N3O4. The molecule has 0 aliphatic heterocycles. The zero-order valence-electron chi connectivity index (χ0n) is 20.4. The van der Waals surface area contributed by atoms with Crippen molar-refractivity contribution in [1.82, 2.24) is 0 Å². The monoisotopic (exact) mass is 477 g/mol. The van der Waals surface area contributed by atoms with Crippen molar-refractivity contribution in [1.29, 1.82) is 0 Å². The maximum atomic E-state index is 12.9. The van der Waals surface area contributed by atoms with Crippen molar-refractivity contribution in [3.63, 3.8) is 0 Å². The second kappa shape index (κ2) is 11.9. The predicted octanol–water partition coefficient (Wildman–Crippen LogP) is 5.99. The van der Waals surface area contributed by atoms with Crippen molar-refractivity contribution in [2.75, 3.05) is 23.1 Å². The molecule has 0 atom stereocenters. The number of hydrogen-bond acceptors (Lipinski definition) is 4. The lowest BCUT2D eigenvalue weighted by Crippen LogP contribution is -2.25. The number of benzene rings is 2. The van der Waals surface area contributed by atoms with E-state index >= 15 is 0 Å². The molecule has 0 spiro atoms. The molecule has 2 aromatic carbocycles. The van der Waals surface area contributed by atoms with Crippen LogP contribution in [0.15, 0.2) is 42.5 Å². The third kappa shape index (κ3) is 6.62. The second-order valence-electron chi connectivity index (χ2n) is 9.59. The van der Waals surface area contributed by atoms with E-state index in [-0.39, 0.29) is 29.6 Å². The zero-order chi connectivity index (χ0) is 24.6. The number of anilines is 3. The molecule has 7 nitrogen and oxygen atoms in total. The van der Waals surface area contributed by atoms with Crippen LogP contribution in [0.25, 0.3) is 0 Å². The van der Waals surface area contributed by atoms with Crippen molar-refractivity contribution >= 4 is 34.8 Å². The minimum atomic E-state index is -0.298. The van der Waals surface area contributed by atoms with Crippen LogP contribution >= 0.6 is 0 Å². The van der Waals surface area contributed by atoms with Crippen LogP contribution in [0.2, 0.25) is 0 Å². The summed E-state index contributed by atoms with van der Waals surface area (Å²) in [6.45, 7) is 0. The van der Waals surface area contributed by atoms with Crippen molar-refractivity contribution < 1.29 is 19.1 Å². The highest BCUT2D eigenvalue weighted by atomic mass is 16.5. The summed E-state index contributed by atoms with van der Waals surface area (Å²) >= 11 is 0. The van der Waals surface area contributed by atoms with E-state index in [2.05, 4.69) is 16.0 Å². The maximum Gasteiger partial charge on any atom is 0.255 e. The van der Waals surface area contributed by atoms with Crippen molar-refractivity contribution in [2.45, 2.75) is 64.2 Å². The van der Waals surface area contributed by atoms with E-state index in [0.717, 1.165) is 51.4 Å². The quantitative estimate of drug-likeness (QED) is 0.457. The largest absolute Gasteiger partial charge is 0.497 e. The van der Waals surface area contributed by atoms with Crippen LogP contribution < -0.4 is 20.7 Å². The molecule has 2 aromatic rings. The van der Waals surface area contributed by atoms with Crippen LogP contribution in [0.3, 0.4) is 0 Å². The van der Waals surface area contributed by atoms with E-state index in [4.69, 9.17) is 4.74 Å².